The molecule has 2 heterocycles. The van der Waals surface area contributed by atoms with Crippen molar-refractivity contribution in [2.45, 2.75) is 17.4 Å². The molecule has 1 atom stereocenters. The minimum Gasteiger partial charge on any atom is -0.497 e. The van der Waals surface area contributed by atoms with E-state index in [9.17, 15) is 8.42 Å². The van der Waals surface area contributed by atoms with Gasteiger partial charge in [-0.1, -0.05) is 35.3 Å². The number of rotatable bonds is 7. The number of sulfonamides is 1. The second-order valence-electron chi connectivity index (χ2n) is 7.11. The molecule has 0 bridgehead atoms. The van der Waals surface area contributed by atoms with Crippen LogP contribution in [-0.2, 0) is 10.0 Å². The Morgan fingerprint density at radius 1 is 1.16 bits per heavy atom. The van der Waals surface area contributed by atoms with Crippen LogP contribution in [0.5, 0.6) is 5.75 Å². The average Bonchev–Trinajstić information content (AvgIpc) is 3.22. The molecule has 0 aliphatic carbocycles. The van der Waals surface area contributed by atoms with E-state index in [4.69, 9.17) is 33.0 Å². The summed E-state index contributed by atoms with van der Waals surface area (Å²) in [4.78, 5) is 3.97. The van der Waals surface area contributed by atoms with Gasteiger partial charge >= 0.3 is 0 Å². The van der Waals surface area contributed by atoms with Crippen LogP contribution >= 0.6 is 23.2 Å². The molecule has 0 saturated heterocycles. The molecular formula is C22H20Cl2N4O3S. The Hall–Kier alpha value is -2.65. The Morgan fingerprint density at radius 2 is 1.94 bits per heavy atom. The zero-order chi connectivity index (χ0) is 22.7. The fourth-order valence-electron chi connectivity index (χ4n) is 3.42. The number of benzene rings is 2. The zero-order valence-corrected chi connectivity index (χ0v) is 19.4. The molecule has 1 N–H and O–H groups in total. The molecule has 0 amide bonds. The number of hydrazone groups is 1. The molecule has 3 aromatic rings. The molecule has 0 spiro atoms. The molecule has 1 aromatic heterocycles. The van der Waals surface area contributed by atoms with E-state index in [0.29, 0.717) is 27.9 Å². The molecule has 2 aromatic carbocycles. The fourth-order valence-corrected chi connectivity index (χ4v) is 4.90. The minimum atomic E-state index is -3.71. The molecule has 0 saturated carbocycles. The van der Waals surface area contributed by atoms with Crippen molar-refractivity contribution in [1.29, 1.82) is 0 Å². The highest BCUT2D eigenvalue weighted by Crippen LogP contribution is 2.39. The molecule has 7 nitrogen and oxygen atoms in total. The van der Waals surface area contributed by atoms with Gasteiger partial charge in [-0.25, -0.2) is 13.1 Å². The number of anilines is 1. The van der Waals surface area contributed by atoms with Crippen LogP contribution in [-0.4, -0.2) is 32.8 Å². The van der Waals surface area contributed by atoms with E-state index >= 15 is 0 Å². The van der Waals surface area contributed by atoms with Crippen LogP contribution in [0.15, 0.2) is 77.0 Å². The predicted octanol–water partition coefficient (Wildman–Crippen LogP) is 4.68. The molecular weight excluding hydrogens is 471 g/mol. The molecule has 1 unspecified atom stereocenters. The van der Waals surface area contributed by atoms with Crippen LogP contribution in [0.4, 0.5) is 5.69 Å². The molecule has 0 fully saturated rings. The molecule has 1 aliphatic heterocycles. The third-order valence-electron chi connectivity index (χ3n) is 5.04. The first kappa shape index (κ1) is 22.5. The van der Waals surface area contributed by atoms with Gasteiger partial charge in [0.1, 0.15) is 10.6 Å². The summed E-state index contributed by atoms with van der Waals surface area (Å²) in [6.45, 7) is 0.0611. The van der Waals surface area contributed by atoms with Gasteiger partial charge in [-0.3, -0.25) is 9.99 Å². The first-order chi connectivity index (χ1) is 15.4. The summed E-state index contributed by atoms with van der Waals surface area (Å²) in [5.41, 5.74) is 2.34. The number of nitrogens with one attached hydrogen (secondary N) is 1. The van der Waals surface area contributed by atoms with E-state index in [1.54, 1.807) is 36.4 Å². The van der Waals surface area contributed by atoms with Crippen molar-refractivity contribution in [3.63, 3.8) is 0 Å². The van der Waals surface area contributed by atoms with Gasteiger partial charge in [0.15, 0.2) is 0 Å². The minimum absolute atomic E-state index is 0.0611. The third kappa shape index (κ3) is 4.88. The van der Waals surface area contributed by atoms with Crippen LogP contribution in [0.2, 0.25) is 10.0 Å². The summed E-state index contributed by atoms with van der Waals surface area (Å²) in [5, 5.41) is 7.47. The normalized spacial score (nSPS) is 16.2. The number of halogens is 2. The van der Waals surface area contributed by atoms with Crippen molar-refractivity contribution < 1.29 is 13.2 Å². The van der Waals surface area contributed by atoms with E-state index < -0.39 is 10.0 Å². The van der Waals surface area contributed by atoms with Crippen molar-refractivity contribution in [1.82, 2.24) is 9.71 Å². The van der Waals surface area contributed by atoms with Gasteiger partial charge in [0.25, 0.3) is 0 Å². The standard InChI is InChI=1S/C22H20Cl2N4O3S/c1-31-18-7-4-15(5-8-18)22-12-17(13-26-32(29,30)19-3-2-10-25-14-19)27-28(22)21-9-6-16(23)11-20(21)24/h2-11,14,22,26H,12-13H2,1H3. The van der Waals surface area contributed by atoms with Crippen molar-refractivity contribution in [2.24, 2.45) is 5.10 Å². The van der Waals surface area contributed by atoms with Gasteiger partial charge in [-0.2, -0.15) is 5.10 Å². The summed E-state index contributed by atoms with van der Waals surface area (Å²) < 4.78 is 33.0. The van der Waals surface area contributed by atoms with Crippen molar-refractivity contribution in [3.8, 4) is 5.75 Å². The summed E-state index contributed by atoms with van der Waals surface area (Å²) in [6.07, 6.45) is 3.34. The Morgan fingerprint density at radius 3 is 2.59 bits per heavy atom. The maximum absolute atomic E-state index is 12.6. The highest BCUT2D eigenvalue weighted by atomic mass is 35.5. The van der Waals surface area contributed by atoms with E-state index in [0.717, 1.165) is 11.3 Å². The van der Waals surface area contributed by atoms with E-state index in [1.807, 2.05) is 24.3 Å². The summed E-state index contributed by atoms with van der Waals surface area (Å²) >= 11 is 12.5. The van der Waals surface area contributed by atoms with Crippen LogP contribution < -0.4 is 14.5 Å². The first-order valence-corrected chi connectivity index (χ1v) is 12.0. The highest BCUT2D eigenvalue weighted by Gasteiger charge is 2.31. The van der Waals surface area contributed by atoms with E-state index in [1.165, 1.54) is 18.5 Å². The average molecular weight is 491 g/mol. The van der Waals surface area contributed by atoms with E-state index in [-0.39, 0.29) is 17.5 Å². The first-order valence-electron chi connectivity index (χ1n) is 9.71. The predicted molar refractivity (Wildman–Crippen MR) is 126 cm³/mol. The largest absolute Gasteiger partial charge is 0.497 e. The molecule has 1 aliphatic rings. The summed E-state index contributed by atoms with van der Waals surface area (Å²) in [7, 11) is -2.10. The van der Waals surface area contributed by atoms with Crippen molar-refractivity contribution in [3.05, 3.63) is 82.6 Å². The van der Waals surface area contributed by atoms with Crippen LogP contribution in [0, 0.1) is 0 Å². The van der Waals surface area contributed by atoms with Gasteiger partial charge in [0.05, 0.1) is 36.1 Å². The maximum atomic E-state index is 12.6. The van der Waals surface area contributed by atoms with Gasteiger partial charge in [-0.15, -0.1) is 0 Å². The second kappa shape index (κ2) is 9.46. The lowest BCUT2D eigenvalue weighted by Crippen LogP contribution is -2.29. The molecule has 166 valence electrons. The molecule has 10 heteroatoms. The number of nitrogens with zero attached hydrogens (tertiary/aromatic N) is 3. The topological polar surface area (TPSA) is 83.9 Å². The van der Waals surface area contributed by atoms with E-state index in [2.05, 4.69) is 9.71 Å². The molecule has 32 heavy (non-hydrogen) atoms. The van der Waals surface area contributed by atoms with Gasteiger partial charge < -0.3 is 4.74 Å². The lowest BCUT2D eigenvalue weighted by atomic mass is 10.0. The molecule has 4 rings (SSSR count). The smallest absolute Gasteiger partial charge is 0.242 e. The van der Waals surface area contributed by atoms with Crippen molar-refractivity contribution in [2.75, 3.05) is 18.7 Å². The van der Waals surface area contributed by atoms with Crippen molar-refractivity contribution >= 4 is 44.6 Å². The van der Waals surface area contributed by atoms with Crippen LogP contribution in [0.25, 0.3) is 0 Å². The lowest BCUT2D eigenvalue weighted by molar-refractivity contribution is 0.414. The molecule has 0 radical (unpaired) electrons. The number of ether oxygens (including phenoxy) is 1. The van der Waals surface area contributed by atoms with Gasteiger partial charge in [0.2, 0.25) is 10.0 Å². The van der Waals surface area contributed by atoms with Gasteiger partial charge in [-0.05, 0) is 48.0 Å². The monoisotopic (exact) mass is 490 g/mol. The zero-order valence-electron chi connectivity index (χ0n) is 17.1. The number of pyridine rings is 1. The highest BCUT2D eigenvalue weighted by molar-refractivity contribution is 7.89. The number of hydrogen-bond acceptors (Lipinski definition) is 6. The van der Waals surface area contributed by atoms with Crippen LogP contribution in [0.3, 0.4) is 0 Å². The third-order valence-corrected chi connectivity index (χ3v) is 6.97. The number of hydrogen-bond donors (Lipinski definition) is 1. The number of methoxy groups -OCH3 is 1. The fraction of sp³-hybridized carbons (Fsp3) is 0.182. The lowest BCUT2D eigenvalue weighted by Gasteiger charge is -2.25. The maximum Gasteiger partial charge on any atom is 0.242 e. The Kier molecular flexibility index (Phi) is 6.66. The summed E-state index contributed by atoms with van der Waals surface area (Å²) in [6, 6.07) is 15.8. The Labute approximate surface area is 196 Å². The summed E-state index contributed by atoms with van der Waals surface area (Å²) in [5.74, 6) is 0.744. The SMILES string of the molecule is COc1ccc(C2CC(CNS(=O)(=O)c3cccnc3)=NN2c2ccc(Cl)cc2Cl)cc1. The Bertz CT molecular complexity index is 1240. The van der Waals surface area contributed by atoms with Gasteiger partial charge in [0, 0.05) is 23.8 Å². The Balaban J connectivity index is 1.61. The quantitative estimate of drug-likeness (QED) is 0.519. The van der Waals surface area contributed by atoms with Crippen LogP contribution in [0.1, 0.15) is 18.0 Å². The second-order valence-corrected chi connectivity index (χ2v) is 9.72. The number of aromatic nitrogens is 1.